The Morgan fingerprint density at radius 1 is 1.07 bits per heavy atom. The Morgan fingerprint density at radius 2 is 1.80 bits per heavy atom. The normalized spacial score (nSPS) is 29.7. The first kappa shape index (κ1) is 38.9. The van der Waals surface area contributed by atoms with Crippen molar-refractivity contribution >= 4 is 44.7 Å². The quantitative estimate of drug-likeness (QED) is 0.369. The zero-order chi connectivity index (χ0) is 39.7. The summed E-state index contributed by atoms with van der Waals surface area (Å²) in [4.78, 5) is 62.1. The Balaban J connectivity index is 1.24. The van der Waals surface area contributed by atoms with E-state index in [9.17, 15) is 36.4 Å². The third-order valence-electron chi connectivity index (χ3n) is 11.7. The number of halogens is 2. The zero-order valence-electron chi connectivity index (χ0n) is 31.9. The van der Waals surface area contributed by atoms with E-state index in [-0.39, 0.29) is 31.3 Å². The molecule has 5 atom stereocenters. The molecular weight excluding hydrogens is 737 g/mol. The summed E-state index contributed by atoms with van der Waals surface area (Å²) in [6.07, 6.45) is 7.61. The number of ether oxygens (including phenoxy) is 2. The van der Waals surface area contributed by atoms with E-state index in [1.54, 1.807) is 34.6 Å². The number of benzene rings is 1. The van der Waals surface area contributed by atoms with Crippen molar-refractivity contribution in [3.63, 3.8) is 0 Å². The first-order valence-corrected chi connectivity index (χ1v) is 20.6. The molecule has 13 nitrogen and oxygen atoms in total. The molecule has 3 N–H and O–H groups in total. The van der Waals surface area contributed by atoms with Gasteiger partial charge in [0, 0.05) is 29.4 Å². The molecule has 0 radical (unpaired) electrons. The van der Waals surface area contributed by atoms with E-state index >= 15 is 0 Å². The Kier molecular flexibility index (Phi) is 9.69. The lowest BCUT2D eigenvalue weighted by molar-refractivity contribution is -0.141. The average molecular weight is 786 g/mol. The zero-order valence-corrected chi connectivity index (χ0v) is 32.7. The molecule has 298 valence electrons. The lowest BCUT2D eigenvalue weighted by Crippen LogP contribution is -2.58. The topological polar surface area (TPSA) is 173 Å². The summed E-state index contributed by atoms with van der Waals surface area (Å²) in [5.41, 5.74) is -2.21. The highest BCUT2D eigenvalue weighted by Gasteiger charge is 2.64. The molecule has 7 rings (SSSR count). The molecule has 0 bridgehead atoms. The second-order valence-corrected chi connectivity index (χ2v) is 19.4. The Labute approximate surface area is 319 Å². The van der Waals surface area contributed by atoms with Crippen molar-refractivity contribution in [3.8, 4) is 5.75 Å². The number of allylic oxidation sites excluding steroid dienone is 1. The fourth-order valence-electron chi connectivity index (χ4n) is 8.14. The van der Waals surface area contributed by atoms with Crippen molar-refractivity contribution in [2.45, 2.75) is 139 Å². The number of aryl methyl sites for hydroxylation is 2. The molecule has 2 aromatic rings. The van der Waals surface area contributed by atoms with Gasteiger partial charge >= 0.3 is 6.09 Å². The van der Waals surface area contributed by atoms with Gasteiger partial charge in [0.05, 0.1) is 22.5 Å². The van der Waals surface area contributed by atoms with E-state index in [0.717, 1.165) is 25.0 Å². The molecule has 55 heavy (non-hydrogen) atoms. The molecule has 2 saturated carbocycles. The summed E-state index contributed by atoms with van der Waals surface area (Å²) in [7, 11) is -4.03. The molecular formula is C39H49F2N5O8S. The largest absolute Gasteiger partial charge is 0.483 e. The smallest absolute Gasteiger partial charge is 0.408 e. The Morgan fingerprint density at radius 3 is 2.51 bits per heavy atom. The predicted molar refractivity (Wildman–Crippen MR) is 197 cm³/mol. The number of alkyl carbamates (subject to hydrolysis) is 1. The van der Waals surface area contributed by atoms with E-state index in [1.165, 1.54) is 4.90 Å². The summed E-state index contributed by atoms with van der Waals surface area (Å²) >= 11 is 0. The van der Waals surface area contributed by atoms with Crippen LogP contribution in [0.5, 0.6) is 5.75 Å². The number of sulfonamides is 1. The molecule has 16 heteroatoms. The lowest BCUT2D eigenvalue weighted by atomic mass is 9.87. The lowest BCUT2D eigenvalue weighted by Gasteiger charge is -2.36. The number of hydrogen-bond acceptors (Lipinski definition) is 9. The molecule has 3 aliphatic heterocycles. The Bertz CT molecular complexity index is 2100. The number of nitrogens with one attached hydrogen (secondary N) is 3. The molecule has 5 aliphatic rings. The van der Waals surface area contributed by atoms with Crippen LogP contribution in [0.4, 0.5) is 13.6 Å². The molecule has 1 aromatic heterocycles. The standard InChI is InChI=1S/C39H49F2N5O8S/c1-22-31-24(25-17-26(40)27(41)18-29(25)42-22)13-14-38(53-31)20-30-32(47)44-39(34(49)45-55(51,52)37(5)15-16-37)19-23(39)11-9-7-6-8-10-12-28(33(48)46(30)21-38)43-35(50)54-36(2,3)4/h9,11,17-18,23,28,30H,6-8,10,12-16,19-21H2,1-5H3,(H,43,50)(H,44,47)(H,45,49)/b11-9-/t23-,28+,30+,38-,39-/m1/s1. The van der Waals surface area contributed by atoms with Gasteiger partial charge in [-0.2, -0.15) is 0 Å². The maximum Gasteiger partial charge on any atom is 0.408 e. The van der Waals surface area contributed by atoms with Gasteiger partial charge in [-0.3, -0.25) is 19.1 Å². The molecule has 1 saturated heterocycles. The maximum absolute atomic E-state index is 14.7. The van der Waals surface area contributed by atoms with Crippen molar-refractivity contribution in [2.24, 2.45) is 5.92 Å². The van der Waals surface area contributed by atoms with Gasteiger partial charge < -0.3 is 25.0 Å². The fourth-order valence-corrected chi connectivity index (χ4v) is 9.45. The van der Waals surface area contributed by atoms with Crippen molar-refractivity contribution in [1.82, 2.24) is 25.2 Å². The van der Waals surface area contributed by atoms with E-state index in [0.29, 0.717) is 60.9 Å². The van der Waals surface area contributed by atoms with Gasteiger partial charge in [0.25, 0.3) is 5.91 Å². The van der Waals surface area contributed by atoms with Crippen molar-refractivity contribution in [2.75, 3.05) is 6.54 Å². The number of amides is 4. The number of aromatic nitrogens is 1. The highest BCUT2D eigenvalue weighted by molar-refractivity contribution is 7.91. The van der Waals surface area contributed by atoms with Crippen LogP contribution in [0.2, 0.25) is 0 Å². The monoisotopic (exact) mass is 785 g/mol. The number of pyridine rings is 1. The predicted octanol–water partition coefficient (Wildman–Crippen LogP) is 4.77. The van der Waals surface area contributed by atoms with Crippen LogP contribution in [0, 0.1) is 24.5 Å². The van der Waals surface area contributed by atoms with Crippen LogP contribution in [0.25, 0.3) is 10.9 Å². The molecule has 1 aromatic carbocycles. The number of hydrogen-bond donors (Lipinski definition) is 3. The third-order valence-corrected chi connectivity index (χ3v) is 13.9. The van der Waals surface area contributed by atoms with Crippen molar-refractivity contribution in [3.05, 3.63) is 47.2 Å². The molecule has 4 amide bonds. The first-order valence-electron chi connectivity index (χ1n) is 19.1. The van der Waals surface area contributed by atoms with Crippen LogP contribution in [0.15, 0.2) is 24.3 Å². The van der Waals surface area contributed by atoms with Gasteiger partial charge in [-0.25, -0.2) is 27.0 Å². The van der Waals surface area contributed by atoms with Crippen molar-refractivity contribution in [1.29, 1.82) is 0 Å². The third kappa shape index (κ3) is 7.50. The van der Waals surface area contributed by atoms with Crippen LogP contribution in [0.1, 0.15) is 103 Å². The molecule has 0 unspecified atom stereocenters. The van der Waals surface area contributed by atoms with E-state index < -0.39 is 85.0 Å². The number of carbonyl (C=O) groups excluding carboxylic acids is 4. The minimum Gasteiger partial charge on any atom is -0.483 e. The summed E-state index contributed by atoms with van der Waals surface area (Å²) < 4.78 is 68.3. The average Bonchev–Trinajstić information content (AvgIpc) is 3.98. The summed E-state index contributed by atoms with van der Waals surface area (Å²) in [5, 5.41) is 6.01. The van der Waals surface area contributed by atoms with Crippen molar-refractivity contribution < 1.29 is 45.9 Å². The van der Waals surface area contributed by atoms with Gasteiger partial charge in [0.1, 0.15) is 34.6 Å². The van der Waals surface area contributed by atoms with Gasteiger partial charge in [-0.15, -0.1) is 0 Å². The highest BCUT2D eigenvalue weighted by atomic mass is 32.2. The van der Waals surface area contributed by atoms with Crippen LogP contribution >= 0.6 is 0 Å². The van der Waals surface area contributed by atoms with E-state index in [4.69, 9.17) is 9.47 Å². The van der Waals surface area contributed by atoms with Crippen LogP contribution in [-0.4, -0.2) is 82.2 Å². The van der Waals surface area contributed by atoms with Gasteiger partial charge in [-0.05, 0) is 92.1 Å². The first-order chi connectivity index (χ1) is 25.8. The van der Waals surface area contributed by atoms with Gasteiger partial charge in [-0.1, -0.05) is 25.0 Å². The summed E-state index contributed by atoms with van der Waals surface area (Å²) in [6, 6.07) is -0.112. The maximum atomic E-state index is 14.7. The second-order valence-electron chi connectivity index (χ2n) is 17.2. The number of fused-ring (bicyclic) bond motifs is 5. The van der Waals surface area contributed by atoms with E-state index in [1.807, 2.05) is 12.2 Å². The Hall–Kier alpha value is -4.34. The summed E-state index contributed by atoms with van der Waals surface area (Å²) in [5.74, 6) is -4.21. The molecule has 2 aliphatic carbocycles. The van der Waals surface area contributed by atoms with Gasteiger partial charge in [0.2, 0.25) is 21.8 Å². The molecule has 4 heterocycles. The number of nitrogens with zero attached hydrogens (tertiary/aromatic N) is 2. The number of rotatable bonds is 4. The summed E-state index contributed by atoms with van der Waals surface area (Å²) in [6.45, 7) is 8.31. The second kappa shape index (κ2) is 13.7. The van der Waals surface area contributed by atoms with Crippen LogP contribution in [0.3, 0.4) is 0 Å². The van der Waals surface area contributed by atoms with Gasteiger partial charge in [0.15, 0.2) is 11.6 Å². The SMILES string of the molecule is Cc1nc2cc(F)c(F)cc2c2c1O[C@]1(CC2)C[C@H]2C(=O)N[C@]3(C(=O)NS(=O)(=O)C4(C)CC4)C[C@H]3/C=C\CCCCC[C@H](NC(=O)OC(C)(C)C)C(=O)N2C1. The highest BCUT2D eigenvalue weighted by Crippen LogP contribution is 2.49. The minimum absolute atomic E-state index is 0.00694. The number of carbonyl (C=O) groups is 4. The molecule has 3 fully saturated rings. The fraction of sp³-hybridized carbons (Fsp3) is 0.615. The van der Waals surface area contributed by atoms with E-state index in [2.05, 4.69) is 20.3 Å². The molecule has 1 spiro atoms. The van der Waals surface area contributed by atoms with Crippen LogP contribution < -0.4 is 20.1 Å². The van der Waals surface area contributed by atoms with Crippen LogP contribution in [-0.2, 0) is 35.6 Å². The minimum atomic E-state index is -4.03.